The highest BCUT2D eigenvalue weighted by molar-refractivity contribution is 5.54. The molecule has 0 radical (unpaired) electrons. The second kappa shape index (κ2) is 6.23. The minimum Gasteiger partial charge on any atom is -0.444 e. The van der Waals surface area contributed by atoms with Crippen molar-refractivity contribution < 1.29 is 13.2 Å². The van der Waals surface area contributed by atoms with Gasteiger partial charge in [0.05, 0.1) is 0 Å². The van der Waals surface area contributed by atoms with E-state index in [9.17, 15) is 8.78 Å². The quantitative estimate of drug-likeness (QED) is 0.570. The van der Waals surface area contributed by atoms with Crippen LogP contribution < -0.4 is 0 Å². The zero-order valence-electron chi connectivity index (χ0n) is 12.8. The summed E-state index contributed by atoms with van der Waals surface area (Å²) >= 11 is 0. The highest BCUT2D eigenvalue weighted by atomic mass is 19.1. The van der Waals surface area contributed by atoms with Crippen molar-refractivity contribution in [3.8, 4) is 22.8 Å². The number of oxazole rings is 1. The summed E-state index contributed by atoms with van der Waals surface area (Å²) < 4.78 is 31.9. The van der Waals surface area contributed by atoms with Crippen molar-refractivity contribution in [1.29, 1.82) is 0 Å². The second-order valence-electron chi connectivity index (χ2n) is 5.31. The maximum Gasteiger partial charge on any atom is 0.226 e. The largest absolute Gasteiger partial charge is 0.444 e. The van der Waals surface area contributed by atoms with Crippen LogP contribution >= 0.6 is 0 Å². The van der Waals surface area contributed by atoms with E-state index in [4.69, 9.17) is 4.42 Å². The average Bonchev–Trinajstić information content (AvgIpc) is 3.25. The molecule has 0 saturated carbocycles. The van der Waals surface area contributed by atoms with Crippen LogP contribution in [0.5, 0.6) is 0 Å². The van der Waals surface area contributed by atoms with Crippen LogP contribution in [0.3, 0.4) is 0 Å². The van der Waals surface area contributed by atoms with Crippen molar-refractivity contribution in [3.05, 3.63) is 72.1 Å². The van der Waals surface area contributed by atoms with Crippen LogP contribution in [-0.4, -0.2) is 25.2 Å². The van der Waals surface area contributed by atoms with Crippen molar-refractivity contribution in [2.75, 3.05) is 0 Å². The summed E-state index contributed by atoms with van der Waals surface area (Å²) in [7, 11) is 0. The normalized spacial score (nSPS) is 11.0. The van der Waals surface area contributed by atoms with E-state index < -0.39 is 0 Å². The number of hydrogen-bond acceptors (Lipinski definition) is 5. The number of aromatic nitrogens is 5. The molecule has 0 atom stereocenters. The molecule has 0 saturated heterocycles. The summed E-state index contributed by atoms with van der Waals surface area (Å²) in [5, 5.41) is 12.0. The second-order valence-corrected chi connectivity index (χ2v) is 5.31. The zero-order valence-corrected chi connectivity index (χ0v) is 12.8. The van der Waals surface area contributed by atoms with Crippen molar-refractivity contribution in [3.63, 3.8) is 0 Å². The Kier molecular flexibility index (Phi) is 3.77. The molecular formula is C17H11F2N5O. The van der Waals surface area contributed by atoms with Gasteiger partial charge in [-0.3, -0.25) is 0 Å². The van der Waals surface area contributed by atoms with Crippen molar-refractivity contribution in [1.82, 2.24) is 25.2 Å². The maximum absolute atomic E-state index is 13.3. The number of hydrogen-bond donors (Lipinski definition) is 0. The van der Waals surface area contributed by atoms with Crippen LogP contribution in [0.15, 0.2) is 59.2 Å². The molecule has 0 aliphatic carbocycles. The number of tetrazole rings is 1. The van der Waals surface area contributed by atoms with Crippen LogP contribution in [0.4, 0.5) is 8.78 Å². The minimum absolute atomic E-state index is 0.223. The predicted molar refractivity (Wildman–Crippen MR) is 84.2 cm³/mol. The van der Waals surface area contributed by atoms with Gasteiger partial charge in [-0.25, -0.2) is 13.8 Å². The molecular weight excluding hydrogens is 328 g/mol. The summed E-state index contributed by atoms with van der Waals surface area (Å²) in [6.07, 6.45) is 1.45. The summed E-state index contributed by atoms with van der Waals surface area (Å²) in [6.45, 7) is 0.223. The van der Waals surface area contributed by atoms with Gasteiger partial charge in [0.25, 0.3) is 0 Å². The fourth-order valence-corrected chi connectivity index (χ4v) is 2.33. The van der Waals surface area contributed by atoms with Gasteiger partial charge in [-0.1, -0.05) is 18.2 Å². The van der Waals surface area contributed by atoms with Gasteiger partial charge in [0.2, 0.25) is 11.7 Å². The van der Waals surface area contributed by atoms with E-state index in [1.165, 1.54) is 35.3 Å². The molecule has 0 spiro atoms. The predicted octanol–water partition coefficient (Wildman–Crippen LogP) is 3.32. The Balaban J connectivity index is 1.54. The number of rotatable bonds is 4. The summed E-state index contributed by atoms with van der Waals surface area (Å²) in [4.78, 5) is 5.62. The third kappa shape index (κ3) is 3.27. The van der Waals surface area contributed by atoms with Crippen LogP contribution in [-0.2, 0) is 6.54 Å². The highest BCUT2D eigenvalue weighted by Crippen LogP contribution is 2.20. The van der Waals surface area contributed by atoms with E-state index in [1.54, 1.807) is 24.3 Å². The molecule has 0 amide bonds. The number of halogens is 2. The molecule has 6 nitrogen and oxygen atoms in total. The van der Waals surface area contributed by atoms with E-state index in [0.29, 0.717) is 28.5 Å². The molecule has 4 aromatic rings. The van der Waals surface area contributed by atoms with E-state index >= 15 is 0 Å². The fraction of sp³-hybridized carbons (Fsp3) is 0.0588. The molecule has 0 fully saturated rings. The Hall–Kier alpha value is -3.42. The number of nitrogens with zero attached hydrogens (tertiary/aromatic N) is 5. The van der Waals surface area contributed by atoms with Gasteiger partial charge >= 0.3 is 0 Å². The monoisotopic (exact) mass is 339 g/mol. The van der Waals surface area contributed by atoms with Gasteiger partial charge in [-0.2, -0.15) is 4.80 Å². The van der Waals surface area contributed by atoms with Crippen molar-refractivity contribution in [2.24, 2.45) is 0 Å². The topological polar surface area (TPSA) is 69.6 Å². The van der Waals surface area contributed by atoms with E-state index in [0.717, 1.165) is 0 Å². The SMILES string of the molecule is Fc1cccc(-c2nnn(Cc3coc(-c4cccc(F)c4)n3)n2)c1. The lowest BCUT2D eigenvalue weighted by molar-refractivity contribution is 0.550. The van der Waals surface area contributed by atoms with Crippen LogP contribution in [0.25, 0.3) is 22.8 Å². The summed E-state index contributed by atoms with van der Waals surface area (Å²) in [6, 6.07) is 11.9. The van der Waals surface area contributed by atoms with E-state index in [1.807, 2.05) is 0 Å². The zero-order chi connectivity index (χ0) is 17.2. The summed E-state index contributed by atoms with van der Waals surface area (Å²) in [5.41, 5.74) is 1.63. The summed E-state index contributed by atoms with van der Waals surface area (Å²) in [5.74, 6) is -0.117. The molecule has 0 bridgehead atoms. The van der Waals surface area contributed by atoms with Gasteiger partial charge in [-0.05, 0) is 35.5 Å². The Bertz CT molecular complexity index is 945. The van der Waals surface area contributed by atoms with Gasteiger partial charge in [0.1, 0.15) is 30.1 Å². The molecule has 0 aliphatic rings. The van der Waals surface area contributed by atoms with E-state index in [-0.39, 0.29) is 18.2 Å². The van der Waals surface area contributed by atoms with Gasteiger partial charge in [-0.15, -0.1) is 10.2 Å². The van der Waals surface area contributed by atoms with Crippen LogP contribution in [0.2, 0.25) is 0 Å². The molecule has 2 heterocycles. The van der Waals surface area contributed by atoms with Gasteiger partial charge in [0, 0.05) is 11.1 Å². The lowest BCUT2D eigenvalue weighted by atomic mass is 10.2. The molecule has 0 unspecified atom stereocenters. The smallest absolute Gasteiger partial charge is 0.226 e. The Morgan fingerprint density at radius 2 is 1.68 bits per heavy atom. The standard InChI is InChI=1S/C17H11F2N5O/c18-13-5-1-3-11(7-13)16-21-23-24(22-16)9-15-10-25-17(20-15)12-4-2-6-14(19)8-12/h1-8,10H,9H2. The first-order chi connectivity index (χ1) is 12.2. The molecule has 0 N–H and O–H groups in total. The minimum atomic E-state index is -0.370. The van der Waals surface area contributed by atoms with Crippen molar-refractivity contribution in [2.45, 2.75) is 6.54 Å². The third-order valence-corrected chi connectivity index (χ3v) is 3.46. The molecule has 0 aliphatic heterocycles. The first-order valence-corrected chi connectivity index (χ1v) is 7.41. The van der Waals surface area contributed by atoms with E-state index in [2.05, 4.69) is 20.4 Å². The first-order valence-electron chi connectivity index (χ1n) is 7.41. The number of benzene rings is 2. The molecule has 124 valence electrons. The third-order valence-electron chi connectivity index (χ3n) is 3.46. The highest BCUT2D eigenvalue weighted by Gasteiger charge is 2.11. The van der Waals surface area contributed by atoms with Gasteiger partial charge < -0.3 is 4.42 Å². The maximum atomic E-state index is 13.3. The molecule has 2 aromatic heterocycles. The molecule has 25 heavy (non-hydrogen) atoms. The molecule has 4 rings (SSSR count). The van der Waals surface area contributed by atoms with Crippen LogP contribution in [0, 0.1) is 11.6 Å². The Morgan fingerprint density at radius 1 is 0.960 bits per heavy atom. The van der Waals surface area contributed by atoms with Gasteiger partial charge in [0.15, 0.2) is 0 Å². The Labute approximate surface area is 140 Å². The lowest BCUT2D eigenvalue weighted by Crippen LogP contribution is -2.04. The molecule has 2 aromatic carbocycles. The molecule has 8 heteroatoms. The fourth-order valence-electron chi connectivity index (χ4n) is 2.33. The first kappa shape index (κ1) is 15.1. The van der Waals surface area contributed by atoms with Crippen LogP contribution in [0.1, 0.15) is 5.69 Å². The lowest BCUT2D eigenvalue weighted by Gasteiger charge is -1.95. The van der Waals surface area contributed by atoms with Crippen molar-refractivity contribution >= 4 is 0 Å². The Morgan fingerprint density at radius 3 is 2.44 bits per heavy atom. The average molecular weight is 339 g/mol.